The molecular weight excluding hydrogens is 376 g/mol. The van der Waals surface area contributed by atoms with E-state index in [0.717, 1.165) is 36.0 Å². The SMILES string of the molecule is C=CC1CCC(C2CCC(CO/C(C)=C/C=C(\C)C(C)/C=C\C(C)C)CC2)CC1.CC. The molecule has 0 N–H and O–H groups in total. The molecule has 31 heavy (non-hydrogen) atoms. The average Bonchev–Trinajstić information content (AvgIpc) is 2.81. The van der Waals surface area contributed by atoms with E-state index in [9.17, 15) is 0 Å². The third-order valence-electron chi connectivity index (χ3n) is 7.34. The van der Waals surface area contributed by atoms with Gasteiger partial charge in [0.05, 0.1) is 12.4 Å². The molecule has 178 valence electrons. The predicted molar refractivity (Wildman–Crippen MR) is 139 cm³/mol. The summed E-state index contributed by atoms with van der Waals surface area (Å²) in [4.78, 5) is 0. The second kappa shape index (κ2) is 15.5. The molecule has 0 aromatic carbocycles. The Kier molecular flexibility index (Phi) is 13.9. The van der Waals surface area contributed by atoms with E-state index in [-0.39, 0.29) is 0 Å². The van der Waals surface area contributed by atoms with E-state index in [0.29, 0.717) is 11.8 Å². The van der Waals surface area contributed by atoms with E-state index < -0.39 is 0 Å². The summed E-state index contributed by atoms with van der Waals surface area (Å²) >= 11 is 0. The molecule has 2 rings (SSSR count). The van der Waals surface area contributed by atoms with Crippen molar-refractivity contribution in [1.29, 1.82) is 0 Å². The minimum atomic E-state index is 0.485. The van der Waals surface area contributed by atoms with Crippen molar-refractivity contribution in [3.8, 4) is 0 Å². The van der Waals surface area contributed by atoms with Crippen molar-refractivity contribution < 1.29 is 4.74 Å². The molecule has 0 saturated heterocycles. The molecule has 2 fully saturated rings. The van der Waals surface area contributed by atoms with Gasteiger partial charge in [0.2, 0.25) is 0 Å². The highest BCUT2D eigenvalue weighted by molar-refractivity contribution is 5.18. The Hall–Kier alpha value is -1.24. The van der Waals surface area contributed by atoms with Gasteiger partial charge in [-0.1, -0.05) is 64.5 Å². The fourth-order valence-electron chi connectivity index (χ4n) is 4.92. The van der Waals surface area contributed by atoms with Crippen LogP contribution in [-0.4, -0.2) is 6.61 Å². The Labute approximate surface area is 195 Å². The molecule has 0 heterocycles. The molecule has 1 nitrogen and oxygen atoms in total. The van der Waals surface area contributed by atoms with Gasteiger partial charge in [0.25, 0.3) is 0 Å². The van der Waals surface area contributed by atoms with E-state index in [1.165, 1.54) is 56.9 Å². The fraction of sp³-hybridized carbons (Fsp3) is 0.733. The molecule has 1 heteroatoms. The zero-order valence-corrected chi connectivity index (χ0v) is 21.8. The van der Waals surface area contributed by atoms with Gasteiger partial charge < -0.3 is 4.74 Å². The molecule has 2 aliphatic rings. The van der Waals surface area contributed by atoms with Crippen LogP contribution in [0.2, 0.25) is 0 Å². The van der Waals surface area contributed by atoms with Gasteiger partial charge in [0.15, 0.2) is 0 Å². The monoisotopic (exact) mass is 428 g/mol. The van der Waals surface area contributed by atoms with E-state index in [1.54, 1.807) is 0 Å². The van der Waals surface area contributed by atoms with Gasteiger partial charge in [-0.05, 0) is 107 Å². The first-order valence-corrected chi connectivity index (χ1v) is 13.2. The Morgan fingerprint density at radius 1 is 0.839 bits per heavy atom. The molecule has 0 aromatic rings. The Morgan fingerprint density at radius 3 is 1.90 bits per heavy atom. The first-order valence-electron chi connectivity index (χ1n) is 13.2. The van der Waals surface area contributed by atoms with Crippen molar-refractivity contribution in [1.82, 2.24) is 0 Å². The smallest absolute Gasteiger partial charge is 0.0928 e. The first-order chi connectivity index (χ1) is 14.9. The van der Waals surface area contributed by atoms with Gasteiger partial charge in [-0.25, -0.2) is 0 Å². The summed E-state index contributed by atoms with van der Waals surface area (Å²) in [6.45, 7) is 19.9. The zero-order chi connectivity index (χ0) is 23.2. The van der Waals surface area contributed by atoms with Gasteiger partial charge in [-0.3, -0.25) is 0 Å². The molecular formula is C30H52O. The van der Waals surface area contributed by atoms with Crippen molar-refractivity contribution >= 4 is 0 Å². The Bertz CT molecular complexity index is 563. The molecule has 1 atom stereocenters. The van der Waals surface area contributed by atoms with Crippen molar-refractivity contribution in [2.75, 3.05) is 6.61 Å². The Balaban J connectivity index is 0.00000233. The Morgan fingerprint density at radius 2 is 1.39 bits per heavy atom. The van der Waals surface area contributed by atoms with E-state index >= 15 is 0 Å². The maximum atomic E-state index is 6.11. The van der Waals surface area contributed by atoms with Gasteiger partial charge >= 0.3 is 0 Å². The molecule has 2 aliphatic carbocycles. The lowest BCUT2D eigenvalue weighted by molar-refractivity contribution is 0.103. The molecule has 0 aliphatic heterocycles. The van der Waals surface area contributed by atoms with Crippen LogP contribution in [-0.2, 0) is 4.74 Å². The molecule has 0 radical (unpaired) electrons. The summed E-state index contributed by atoms with van der Waals surface area (Å²) in [5, 5.41) is 0. The normalized spacial score (nSPS) is 28.8. The van der Waals surface area contributed by atoms with Gasteiger partial charge in [-0.15, -0.1) is 6.58 Å². The number of hydrogen-bond acceptors (Lipinski definition) is 1. The van der Waals surface area contributed by atoms with Crippen LogP contribution in [0.3, 0.4) is 0 Å². The van der Waals surface area contributed by atoms with Crippen LogP contribution < -0.4 is 0 Å². The summed E-state index contributed by atoms with van der Waals surface area (Å²) in [5.74, 6) is 5.64. The number of rotatable bonds is 9. The largest absolute Gasteiger partial charge is 0.498 e. The van der Waals surface area contributed by atoms with Gasteiger partial charge in [0.1, 0.15) is 0 Å². The summed E-state index contributed by atoms with van der Waals surface area (Å²) < 4.78 is 6.11. The maximum absolute atomic E-state index is 6.11. The fourth-order valence-corrected chi connectivity index (χ4v) is 4.92. The maximum Gasteiger partial charge on any atom is 0.0928 e. The predicted octanol–water partition coefficient (Wildman–Crippen LogP) is 9.53. The summed E-state index contributed by atoms with van der Waals surface area (Å²) in [6, 6.07) is 0. The number of hydrogen-bond donors (Lipinski definition) is 0. The minimum absolute atomic E-state index is 0.485. The standard InChI is InChI=1S/C28H46O.C2H6/c1-7-25-12-16-27(17-13-25)28-18-14-26(15-19-28)20-29-24(6)11-10-23(5)22(4)9-8-21(2)3;1-2/h7-11,21-22,25-28H,1,12-20H2,2-6H3;1-2H3/b9-8-,23-10+,24-11+;. The van der Waals surface area contributed by atoms with Crippen molar-refractivity contribution in [3.63, 3.8) is 0 Å². The lowest BCUT2D eigenvalue weighted by Crippen LogP contribution is -2.26. The topological polar surface area (TPSA) is 9.23 Å². The van der Waals surface area contributed by atoms with E-state index in [1.807, 2.05) is 13.8 Å². The highest BCUT2D eigenvalue weighted by Gasteiger charge is 2.30. The van der Waals surface area contributed by atoms with Crippen LogP contribution in [0.5, 0.6) is 0 Å². The minimum Gasteiger partial charge on any atom is -0.498 e. The van der Waals surface area contributed by atoms with Crippen LogP contribution in [0.15, 0.2) is 48.3 Å². The van der Waals surface area contributed by atoms with Crippen molar-refractivity contribution in [3.05, 3.63) is 48.3 Å². The van der Waals surface area contributed by atoms with E-state index in [2.05, 4.69) is 71.6 Å². The lowest BCUT2D eigenvalue weighted by Gasteiger charge is -2.37. The van der Waals surface area contributed by atoms with Crippen LogP contribution in [0.1, 0.15) is 99.8 Å². The third kappa shape index (κ3) is 10.8. The van der Waals surface area contributed by atoms with Gasteiger partial charge in [0, 0.05) is 0 Å². The van der Waals surface area contributed by atoms with Gasteiger partial charge in [-0.2, -0.15) is 0 Å². The highest BCUT2D eigenvalue weighted by Crippen LogP contribution is 2.41. The van der Waals surface area contributed by atoms with Crippen molar-refractivity contribution in [2.24, 2.45) is 35.5 Å². The molecule has 0 aromatic heterocycles. The summed E-state index contributed by atoms with van der Waals surface area (Å²) in [5.41, 5.74) is 1.39. The summed E-state index contributed by atoms with van der Waals surface area (Å²) in [7, 11) is 0. The highest BCUT2D eigenvalue weighted by atomic mass is 16.5. The van der Waals surface area contributed by atoms with E-state index in [4.69, 9.17) is 4.74 Å². The van der Waals surface area contributed by atoms with Crippen molar-refractivity contribution in [2.45, 2.75) is 99.8 Å². The molecule has 2 saturated carbocycles. The number of allylic oxidation sites excluding steroid dienone is 7. The molecule has 1 unspecified atom stereocenters. The second-order valence-electron chi connectivity index (χ2n) is 10.1. The van der Waals surface area contributed by atoms with Crippen LogP contribution in [0.25, 0.3) is 0 Å². The second-order valence-corrected chi connectivity index (χ2v) is 10.1. The summed E-state index contributed by atoms with van der Waals surface area (Å²) in [6.07, 6.45) is 22.3. The van der Waals surface area contributed by atoms with Crippen LogP contribution >= 0.6 is 0 Å². The van der Waals surface area contributed by atoms with Crippen LogP contribution in [0, 0.1) is 35.5 Å². The lowest BCUT2D eigenvalue weighted by atomic mass is 9.69. The molecule has 0 amide bonds. The average molecular weight is 429 g/mol. The first kappa shape index (κ1) is 27.8. The number of ether oxygens (including phenoxy) is 1. The quantitative estimate of drug-likeness (QED) is 0.202. The third-order valence-corrected chi connectivity index (χ3v) is 7.34. The zero-order valence-electron chi connectivity index (χ0n) is 21.8. The van der Waals surface area contributed by atoms with Crippen LogP contribution in [0.4, 0.5) is 0 Å². The molecule has 0 bridgehead atoms. The molecule has 0 spiro atoms.